The van der Waals surface area contributed by atoms with Crippen molar-refractivity contribution in [3.63, 3.8) is 0 Å². The molecule has 2 aromatic carbocycles. The standard InChI is InChI=1S/C17H16BrN3/c1-12-8-9-15(13(2)10-12)17-20-19-16(11-18)21(17)14-6-4-3-5-7-14/h3-10H,11H2,1-2H3. The van der Waals surface area contributed by atoms with E-state index in [0.29, 0.717) is 5.33 Å². The lowest BCUT2D eigenvalue weighted by molar-refractivity contribution is 0.961. The maximum Gasteiger partial charge on any atom is 0.168 e. The molecule has 0 aliphatic carbocycles. The lowest BCUT2D eigenvalue weighted by Gasteiger charge is -2.11. The van der Waals surface area contributed by atoms with Crippen molar-refractivity contribution in [2.24, 2.45) is 0 Å². The van der Waals surface area contributed by atoms with Crippen molar-refractivity contribution in [3.8, 4) is 17.1 Å². The molecule has 0 aliphatic heterocycles. The number of rotatable bonds is 3. The number of aryl methyl sites for hydroxylation is 2. The highest BCUT2D eigenvalue weighted by atomic mass is 79.9. The van der Waals surface area contributed by atoms with Crippen LogP contribution in [0, 0.1) is 13.8 Å². The summed E-state index contributed by atoms with van der Waals surface area (Å²) in [4.78, 5) is 0. The summed E-state index contributed by atoms with van der Waals surface area (Å²) in [5.41, 5.74) is 4.65. The number of hydrogen-bond acceptors (Lipinski definition) is 2. The van der Waals surface area contributed by atoms with E-state index in [1.54, 1.807) is 0 Å². The third-order valence-electron chi connectivity index (χ3n) is 3.49. The van der Waals surface area contributed by atoms with Gasteiger partial charge in [0.15, 0.2) is 5.82 Å². The van der Waals surface area contributed by atoms with Crippen LogP contribution in [0.15, 0.2) is 48.5 Å². The van der Waals surface area contributed by atoms with E-state index in [1.807, 2.05) is 18.2 Å². The second kappa shape index (κ2) is 5.82. The average Bonchev–Trinajstić information content (AvgIpc) is 2.92. The number of para-hydroxylation sites is 1. The second-order valence-corrected chi connectivity index (χ2v) is 5.62. The van der Waals surface area contributed by atoms with E-state index in [0.717, 1.165) is 22.9 Å². The molecule has 1 aromatic heterocycles. The summed E-state index contributed by atoms with van der Waals surface area (Å²) < 4.78 is 2.10. The van der Waals surface area contributed by atoms with Gasteiger partial charge >= 0.3 is 0 Å². The van der Waals surface area contributed by atoms with Gasteiger partial charge in [0.2, 0.25) is 0 Å². The van der Waals surface area contributed by atoms with Crippen LogP contribution in [0.2, 0.25) is 0 Å². The maximum absolute atomic E-state index is 4.41. The van der Waals surface area contributed by atoms with E-state index >= 15 is 0 Å². The van der Waals surface area contributed by atoms with Crippen molar-refractivity contribution in [1.29, 1.82) is 0 Å². The Morgan fingerprint density at radius 1 is 1.00 bits per heavy atom. The van der Waals surface area contributed by atoms with Crippen LogP contribution in [-0.2, 0) is 5.33 Å². The van der Waals surface area contributed by atoms with Crippen LogP contribution in [-0.4, -0.2) is 14.8 Å². The Labute approximate surface area is 132 Å². The van der Waals surface area contributed by atoms with Crippen LogP contribution in [0.5, 0.6) is 0 Å². The highest BCUT2D eigenvalue weighted by Gasteiger charge is 2.16. The van der Waals surface area contributed by atoms with Crippen LogP contribution in [0.1, 0.15) is 17.0 Å². The molecule has 0 saturated carbocycles. The Bertz CT molecular complexity index is 763. The first-order valence-electron chi connectivity index (χ1n) is 6.84. The largest absolute Gasteiger partial charge is 0.278 e. The molecule has 4 heteroatoms. The van der Waals surface area contributed by atoms with Gasteiger partial charge in [0.25, 0.3) is 0 Å². The Morgan fingerprint density at radius 2 is 1.76 bits per heavy atom. The van der Waals surface area contributed by atoms with E-state index < -0.39 is 0 Å². The van der Waals surface area contributed by atoms with Crippen LogP contribution in [0.25, 0.3) is 17.1 Å². The molecule has 3 nitrogen and oxygen atoms in total. The third kappa shape index (κ3) is 2.63. The van der Waals surface area contributed by atoms with Crippen molar-refractivity contribution in [2.45, 2.75) is 19.2 Å². The summed E-state index contributed by atoms with van der Waals surface area (Å²) in [6.07, 6.45) is 0. The number of halogens is 1. The minimum absolute atomic E-state index is 0.666. The van der Waals surface area contributed by atoms with Crippen molar-refractivity contribution in [3.05, 3.63) is 65.5 Å². The molecule has 0 atom stereocenters. The van der Waals surface area contributed by atoms with Gasteiger partial charge in [-0.3, -0.25) is 4.57 Å². The van der Waals surface area contributed by atoms with E-state index in [1.165, 1.54) is 11.1 Å². The molecule has 1 heterocycles. The highest BCUT2D eigenvalue weighted by Crippen LogP contribution is 2.27. The molecule has 3 aromatic rings. The first-order chi connectivity index (χ1) is 10.2. The normalized spacial score (nSPS) is 10.8. The van der Waals surface area contributed by atoms with Crippen molar-refractivity contribution >= 4 is 15.9 Å². The molecule has 0 fully saturated rings. The van der Waals surface area contributed by atoms with Crippen LogP contribution >= 0.6 is 15.9 Å². The summed E-state index contributed by atoms with van der Waals surface area (Å²) >= 11 is 3.50. The summed E-state index contributed by atoms with van der Waals surface area (Å²) in [6, 6.07) is 16.6. The smallest absolute Gasteiger partial charge is 0.168 e. The molecule has 0 N–H and O–H groups in total. The first kappa shape index (κ1) is 14.0. The minimum atomic E-state index is 0.666. The summed E-state index contributed by atoms with van der Waals surface area (Å²) in [5.74, 6) is 1.78. The van der Waals surface area contributed by atoms with Gasteiger partial charge < -0.3 is 0 Å². The van der Waals surface area contributed by atoms with Gasteiger partial charge in [-0.05, 0) is 31.5 Å². The zero-order valence-electron chi connectivity index (χ0n) is 12.0. The molecule has 0 unspecified atom stereocenters. The Kier molecular flexibility index (Phi) is 3.88. The predicted octanol–water partition coefficient (Wildman–Crippen LogP) is 4.45. The Hall–Kier alpha value is -1.94. The number of alkyl halides is 1. The number of aromatic nitrogens is 3. The van der Waals surface area contributed by atoms with E-state index in [9.17, 15) is 0 Å². The van der Waals surface area contributed by atoms with Gasteiger partial charge in [-0.1, -0.05) is 57.9 Å². The molecule has 0 amide bonds. The van der Waals surface area contributed by atoms with Gasteiger partial charge in [-0.25, -0.2) is 0 Å². The molecule has 21 heavy (non-hydrogen) atoms. The molecule has 0 bridgehead atoms. The zero-order chi connectivity index (χ0) is 14.8. The van der Waals surface area contributed by atoms with Gasteiger partial charge in [-0.2, -0.15) is 0 Å². The molecular formula is C17H16BrN3. The van der Waals surface area contributed by atoms with Gasteiger partial charge in [-0.15, -0.1) is 10.2 Å². The molecule has 0 spiro atoms. The fourth-order valence-corrected chi connectivity index (χ4v) is 2.85. The van der Waals surface area contributed by atoms with E-state index in [4.69, 9.17) is 0 Å². The van der Waals surface area contributed by atoms with E-state index in [2.05, 4.69) is 74.9 Å². The molecule has 0 aliphatic rings. The SMILES string of the molecule is Cc1ccc(-c2nnc(CBr)n2-c2ccccc2)c(C)c1. The Balaban J connectivity index is 2.22. The highest BCUT2D eigenvalue weighted by molar-refractivity contribution is 9.08. The number of nitrogens with zero attached hydrogens (tertiary/aromatic N) is 3. The zero-order valence-corrected chi connectivity index (χ0v) is 13.6. The first-order valence-corrected chi connectivity index (χ1v) is 7.96. The fraction of sp³-hybridized carbons (Fsp3) is 0.176. The third-order valence-corrected chi connectivity index (χ3v) is 3.99. The van der Waals surface area contributed by atoms with Gasteiger partial charge in [0.1, 0.15) is 5.82 Å². The van der Waals surface area contributed by atoms with Gasteiger partial charge in [0, 0.05) is 11.3 Å². The quantitative estimate of drug-likeness (QED) is 0.659. The topological polar surface area (TPSA) is 30.7 Å². The van der Waals surface area contributed by atoms with E-state index in [-0.39, 0.29) is 0 Å². The lowest BCUT2D eigenvalue weighted by atomic mass is 10.1. The van der Waals surface area contributed by atoms with Gasteiger partial charge in [0.05, 0.1) is 5.33 Å². The van der Waals surface area contributed by atoms with Crippen molar-refractivity contribution in [2.75, 3.05) is 0 Å². The molecule has 0 saturated heterocycles. The summed E-state index contributed by atoms with van der Waals surface area (Å²) in [7, 11) is 0. The summed E-state index contributed by atoms with van der Waals surface area (Å²) in [6.45, 7) is 4.21. The average molecular weight is 342 g/mol. The predicted molar refractivity (Wildman–Crippen MR) is 88.9 cm³/mol. The molecular weight excluding hydrogens is 326 g/mol. The Morgan fingerprint density at radius 3 is 2.43 bits per heavy atom. The fourth-order valence-electron chi connectivity index (χ4n) is 2.49. The minimum Gasteiger partial charge on any atom is -0.278 e. The van der Waals surface area contributed by atoms with Crippen LogP contribution < -0.4 is 0 Å². The maximum atomic E-state index is 4.41. The lowest BCUT2D eigenvalue weighted by Crippen LogP contribution is -2.02. The van der Waals surface area contributed by atoms with Crippen LogP contribution in [0.4, 0.5) is 0 Å². The summed E-state index contributed by atoms with van der Waals surface area (Å²) in [5, 5.41) is 9.39. The van der Waals surface area contributed by atoms with Crippen LogP contribution in [0.3, 0.4) is 0 Å². The number of benzene rings is 2. The van der Waals surface area contributed by atoms with Crippen molar-refractivity contribution < 1.29 is 0 Å². The molecule has 3 rings (SSSR count). The monoisotopic (exact) mass is 341 g/mol. The van der Waals surface area contributed by atoms with Crippen molar-refractivity contribution in [1.82, 2.24) is 14.8 Å². The molecule has 0 radical (unpaired) electrons. The second-order valence-electron chi connectivity index (χ2n) is 5.06. The molecule has 106 valence electrons. The number of hydrogen-bond donors (Lipinski definition) is 0.